The Morgan fingerprint density at radius 2 is 2.19 bits per heavy atom. The lowest BCUT2D eigenvalue weighted by Crippen LogP contribution is -2.31. The summed E-state index contributed by atoms with van der Waals surface area (Å²) in [5.74, 6) is 0.572. The van der Waals surface area contributed by atoms with E-state index in [1.807, 2.05) is 19.1 Å². The maximum absolute atomic E-state index is 12.2. The van der Waals surface area contributed by atoms with Crippen molar-refractivity contribution in [3.8, 4) is 0 Å². The van der Waals surface area contributed by atoms with Gasteiger partial charge >= 0.3 is 0 Å². The van der Waals surface area contributed by atoms with Gasteiger partial charge in [-0.3, -0.25) is 9.78 Å². The number of aryl methyl sites for hydroxylation is 2. The fourth-order valence-electron chi connectivity index (χ4n) is 2.48. The number of aromatic nitrogens is 4. The normalized spacial score (nSPS) is 15.7. The standard InChI is InChI=1S/C15H19N5O/c1-11-3-2-7-16-14(11)15(12-4-5-12)19-13(21)6-8-20-9-17-18-10-20/h2-3,7,9-10,12,15H,4-6,8H2,1H3,(H,19,21). The first kappa shape index (κ1) is 13.7. The Bertz CT molecular complexity index is 606. The van der Waals surface area contributed by atoms with Crippen LogP contribution in [-0.4, -0.2) is 25.7 Å². The molecule has 6 nitrogen and oxygen atoms in total. The fourth-order valence-corrected chi connectivity index (χ4v) is 2.48. The minimum absolute atomic E-state index is 0.0413. The van der Waals surface area contributed by atoms with Crippen LogP contribution in [0.4, 0.5) is 0 Å². The van der Waals surface area contributed by atoms with Gasteiger partial charge in [0, 0.05) is 19.2 Å². The van der Waals surface area contributed by atoms with E-state index in [1.165, 1.54) is 0 Å². The van der Waals surface area contributed by atoms with Crippen molar-refractivity contribution >= 4 is 5.91 Å². The van der Waals surface area contributed by atoms with Crippen molar-refractivity contribution in [2.75, 3.05) is 0 Å². The average molecular weight is 285 g/mol. The maximum atomic E-state index is 12.2. The highest BCUT2D eigenvalue weighted by Gasteiger charge is 2.34. The van der Waals surface area contributed by atoms with E-state index in [1.54, 1.807) is 23.4 Å². The first-order valence-electron chi connectivity index (χ1n) is 7.27. The molecule has 0 saturated heterocycles. The minimum atomic E-state index is 0.0413. The number of pyridine rings is 1. The van der Waals surface area contributed by atoms with Crippen LogP contribution in [0.25, 0.3) is 0 Å². The van der Waals surface area contributed by atoms with Gasteiger partial charge in [0.15, 0.2) is 0 Å². The van der Waals surface area contributed by atoms with Crippen molar-refractivity contribution in [1.29, 1.82) is 0 Å². The van der Waals surface area contributed by atoms with Gasteiger partial charge in [-0.15, -0.1) is 10.2 Å². The van der Waals surface area contributed by atoms with Crippen LogP contribution < -0.4 is 5.32 Å². The summed E-state index contributed by atoms with van der Waals surface area (Å²) < 4.78 is 1.80. The van der Waals surface area contributed by atoms with Gasteiger partial charge in [0.25, 0.3) is 0 Å². The van der Waals surface area contributed by atoms with Gasteiger partial charge in [-0.2, -0.15) is 0 Å². The molecule has 0 aromatic carbocycles. The SMILES string of the molecule is Cc1cccnc1C(NC(=O)CCn1cnnc1)C1CC1. The van der Waals surface area contributed by atoms with E-state index in [0.717, 1.165) is 24.1 Å². The summed E-state index contributed by atoms with van der Waals surface area (Å²) in [5, 5.41) is 10.6. The van der Waals surface area contributed by atoms with Crippen molar-refractivity contribution < 1.29 is 4.79 Å². The Morgan fingerprint density at radius 1 is 1.43 bits per heavy atom. The lowest BCUT2D eigenvalue weighted by Gasteiger charge is -2.19. The summed E-state index contributed by atoms with van der Waals surface area (Å²) in [4.78, 5) is 16.6. The molecule has 1 fully saturated rings. The van der Waals surface area contributed by atoms with E-state index in [4.69, 9.17) is 0 Å². The molecule has 1 amide bonds. The maximum Gasteiger partial charge on any atom is 0.222 e. The van der Waals surface area contributed by atoms with Gasteiger partial charge < -0.3 is 9.88 Å². The average Bonchev–Trinajstić information content (AvgIpc) is 3.19. The molecule has 1 N–H and O–H groups in total. The highest BCUT2D eigenvalue weighted by molar-refractivity contribution is 5.76. The van der Waals surface area contributed by atoms with Crippen LogP contribution in [0, 0.1) is 12.8 Å². The molecule has 1 saturated carbocycles. The second-order valence-electron chi connectivity index (χ2n) is 5.54. The summed E-state index contributed by atoms with van der Waals surface area (Å²) in [7, 11) is 0. The van der Waals surface area contributed by atoms with Crippen LogP contribution in [0.15, 0.2) is 31.0 Å². The summed E-state index contributed by atoms with van der Waals surface area (Å²) in [5.41, 5.74) is 2.13. The zero-order valence-corrected chi connectivity index (χ0v) is 12.1. The van der Waals surface area contributed by atoms with Crippen molar-refractivity contribution in [2.45, 2.75) is 38.8 Å². The molecule has 3 rings (SSSR count). The van der Waals surface area contributed by atoms with Crippen molar-refractivity contribution in [2.24, 2.45) is 5.92 Å². The van der Waals surface area contributed by atoms with Crippen LogP contribution >= 0.6 is 0 Å². The fraction of sp³-hybridized carbons (Fsp3) is 0.467. The first-order valence-corrected chi connectivity index (χ1v) is 7.27. The number of nitrogens with zero attached hydrogens (tertiary/aromatic N) is 4. The number of hydrogen-bond donors (Lipinski definition) is 1. The molecule has 110 valence electrons. The van der Waals surface area contributed by atoms with Gasteiger partial charge in [-0.05, 0) is 37.3 Å². The topological polar surface area (TPSA) is 72.7 Å². The van der Waals surface area contributed by atoms with Crippen molar-refractivity contribution in [3.05, 3.63) is 42.2 Å². The monoisotopic (exact) mass is 285 g/mol. The molecule has 1 atom stereocenters. The van der Waals surface area contributed by atoms with Gasteiger partial charge in [0.05, 0.1) is 11.7 Å². The molecule has 0 spiro atoms. The Hall–Kier alpha value is -2.24. The second-order valence-corrected chi connectivity index (χ2v) is 5.54. The van der Waals surface area contributed by atoms with Crippen LogP contribution in [0.3, 0.4) is 0 Å². The number of carbonyl (C=O) groups is 1. The van der Waals surface area contributed by atoms with Gasteiger partial charge in [0.2, 0.25) is 5.91 Å². The van der Waals surface area contributed by atoms with E-state index in [2.05, 4.69) is 20.5 Å². The zero-order chi connectivity index (χ0) is 14.7. The smallest absolute Gasteiger partial charge is 0.222 e. The van der Waals surface area contributed by atoms with Crippen LogP contribution in [0.1, 0.15) is 36.6 Å². The molecule has 1 unspecified atom stereocenters. The lowest BCUT2D eigenvalue weighted by atomic mass is 10.0. The molecular weight excluding hydrogens is 266 g/mol. The highest BCUT2D eigenvalue weighted by Crippen LogP contribution is 2.41. The number of nitrogens with one attached hydrogen (secondary N) is 1. The van der Waals surface area contributed by atoms with E-state index >= 15 is 0 Å². The molecule has 6 heteroatoms. The third-order valence-corrected chi connectivity index (χ3v) is 3.82. The molecule has 1 aliphatic carbocycles. The molecular formula is C15H19N5O. The Kier molecular flexibility index (Phi) is 3.94. The number of rotatable bonds is 6. The first-order chi connectivity index (χ1) is 10.2. The van der Waals surface area contributed by atoms with E-state index in [9.17, 15) is 4.79 Å². The van der Waals surface area contributed by atoms with Gasteiger partial charge in [-0.1, -0.05) is 6.07 Å². The third kappa shape index (κ3) is 3.45. The van der Waals surface area contributed by atoms with E-state index < -0.39 is 0 Å². The predicted octanol–water partition coefficient (Wildman–Crippen LogP) is 1.64. The molecule has 2 heterocycles. The van der Waals surface area contributed by atoms with Crippen molar-refractivity contribution in [1.82, 2.24) is 25.1 Å². The third-order valence-electron chi connectivity index (χ3n) is 3.82. The second kappa shape index (κ2) is 6.03. The Labute approximate surface area is 123 Å². The van der Waals surface area contributed by atoms with E-state index in [0.29, 0.717) is 18.9 Å². The molecule has 21 heavy (non-hydrogen) atoms. The summed E-state index contributed by atoms with van der Waals surface area (Å²) in [6.45, 7) is 2.64. The molecule has 0 radical (unpaired) electrons. The van der Waals surface area contributed by atoms with Crippen LogP contribution in [0.2, 0.25) is 0 Å². The largest absolute Gasteiger partial charge is 0.347 e. The lowest BCUT2D eigenvalue weighted by molar-refractivity contribution is -0.122. The summed E-state index contributed by atoms with van der Waals surface area (Å²) >= 11 is 0. The zero-order valence-electron chi connectivity index (χ0n) is 12.1. The molecule has 2 aromatic rings. The number of carbonyl (C=O) groups excluding carboxylic acids is 1. The van der Waals surface area contributed by atoms with Crippen LogP contribution in [-0.2, 0) is 11.3 Å². The molecule has 0 aliphatic heterocycles. The van der Waals surface area contributed by atoms with Gasteiger partial charge in [-0.25, -0.2) is 0 Å². The van der Waals surface area contributed by atoms with Crippen LogP contribution in [0.5, 0.6) is 0 Å². The Balaban J connectivity index is 1.63. The molecule has 0 bridgehead atoms. The van der Waals surface area contributed by atoms with Crippen molar-refractivity contribution in [3.63, 3.8) is 0 Å². The minimum Gasteiger partial charge on any atom is -0.347 e. The summed E-state index contributed by atoms with van der Waals surface area (Å²) in [6, 6.07) is 4.01. The summed E-state index contributed by atoms with van der Waals surface area (Å²) in [6.07, 6.45) is 7.77. The molecule has 2 aromatic heterocycles. The number of amides is 1. The highest BCUT2D eigenvalue weighted by atomic mass is 16.1. The van der Waals surface area contributed by atoms with E-state index in [-0.39, 0.29) is 11.9 Å². The Morgan fingerprint density at radius 3 is 2.86 bits per heavy atom. The number of hydrogen-bond acceptors (Lipinski definition) is 4. The predicted molar refractivity (Wildman–Crippen MR) is 77.2 cm³/mol. The quantitative estimate of drug-likeness (QED) is 0.875. The van der Waals surface area contributed by atoms with Gasteiger partial charge in [0.1, 0.15) is 12.7 Å². The molecule has 1 aliphatic rings.